The standard InChI is InChI=1S/C13H18O2/c1-15-12-6-4-5-11(9-12)10-13(14)7-2-3-8-13/h4-6,9,14H,2-3,7-8,10H2,1H3. The van der Waals surface area contributed by atoms with Gasteiger partial charge in [-0.2, -0.15) is 0 Å². The Kier molecular flexibility index (Phi) is 2.96. The van der Waals surface area contributed by atoms with Crippen molar-refractivity contribution in [2.45, 2.75) is 37.7 Å². The van der Waals surface area contributed by atoms with Crippen molar-refractivity contribution in [1.82, 2.24) is 0 Å². The highest BCUT2D eigenvalue weighted by atomic mass is 16.5. The number of benzene rings is 1. The summed E-state index contributed by atoms with van der Waals surface area (Å²) in [5.74, 6) is 0.870. The summed E-state index contributed by atoms with van der Waals surface area (Å²) in [6, 6.07) is 7.98. The smallest absolute Gasteiger partial charge is 0.119 e. The molecule has 2 heteroatoms. The fraction of sp³-hybridized carbons (Fsp3) is 0.538. The molecule has 1 aromatic carbocycles. The summed E-state index contributed by atoms with van der Waals surface area (Å²) in [4.78, 5) is 0. The van der Waals surface area contributed by atoms with E-state index in [4.69, 9.17) is 4.74 Å². The van der Waals surface area contributed by atoms with E-state index < -0.39 is 5.60 Å². The molecule has 82 valence electrons. The molecule has 0 saturated heterocycles. The van der Waals surface area contributed by atoms with Gasteiger partial charge in [0, 0.05) is 6.42 Å². The predicted molar refractivity (Wildman–Crippen MR) is 60.1 cm³/mol. The van der Waals surface area contributed by atoms with Gasteiger partial charge in [-0.25, -0.2) is 0 Å². The molecule has 0 amide bonds. The molecule has 0 unspecified atom stereocenters. The van der Waals surface area contributed by atoms with Crippen LogP contribution in [-0.2, 0) is 6.42 Å². The van der Waals surface area contributed by atoms with E-state index in [2.05, 4.69) is 6.07 Å². The molecule has 0 radical (unpaired) electrons. The Balaban J connectivity index is 2.09. The average molecular weight is 206 g/mol. The van der Waals surface area contributed by atoms with Gasteiger partial charge in [-0.05, 0) is 30.5 Å². The van der Waals surface area contributed by atoms with Crippen molar-refractivity contribution in [1.29, 1.82) is 0 Å². The molecule has 0 bridgehead atoms. The van der Waals surface area contributed by atoms with Gasteiger partial charge < -0.3 is 9.84 Å². The number of hydrogen-bond donors (Lipinski definition) is 1. The lowest BCUT2D eigenvalue weighted by Crippen LogP contribution is -2.26. The predicted octanol–water partition coefficient (Wildman–Crippen LogP) is 2.54. The molecule has 1 N–H and O–H groups in total. The number of methoxy groups -OCH3 is 1. The largest absolute Gasteiger partial charge is 0.497 e. The van der Waals surface area contributed by atoms with Gasteiger partial charge in [-0.15, -0.1) is 0 Å². The van der Waals surface area contributed by atoms with E-state index in [-0.39, 0.29) is 0 Å². The molecule has 0 atom stereocenters. The Morgan fingerprint density at radius 1 is 1.33 bits per heavy atom. The van der Waals surface area contributed by atoms with Crippen LogP contribution >= 0.6 is 0 Å². The summed E-state index contributed by atoms with van der Waals surface area (Å²) in [5.41, 5.74) is 0.700. The van der Waals surface area contributed by atoms with Gasteiger partial charge in [-0.3, -0.25) is 0 Å². The molecule has 15 heavy (non-hydrogen) atoms. The lowest BCUT2D eigenvalue weighted by Gasteiger charge is -2.22. The van der Waals surface area contributed by atoms with Crippen molar-refractivity contribution in [3.05, 3.63) is 29.8 Å². The van der Waals surface area contributed by atoms with Crippen LogP contribution in [0.5, 0.6) is 5.75 Å². The minimum Gasteiger partial charge on any atom is -0.497 e. The molecule has 1 aliphatic rings. The van der Waals surface area contributed by atoms with Crippen LogP contribution in [0.4, 0.5) is 0 Å². The molecule has 1 fully saturated rings. The lowest BCUT2D eigenvalue weighted by atomic mass is 9.93. The second kappa shape index (κ2) is 4.23. The molecule has 0 aliphatic heterocycles. The van der Waals surface area contributed by atoms with Crippen molar-refractivity contribution < 1.29 is 9.84 Å². The van der Waals surface area contributed by atoms with Crippen molar-refractivity contribution in [3.8, 4) is 5.75 Å². The summed E-state index contributed by atoms with van der Waals surface area (Å²) in [7, 11) is 1.67. The monoisotopic (exact) mass is 206 g/mol. The molecule has 0 spiro atoms. The SMILES string of the molecule is COc1cccc(CC2(O)CCCC2)c1. The maximum absolute atomic E-state index is 10.3. The van der Waals surface area contributed by atoms with Crippen LogP contribution in [0.2, 0.25) is 0 Å². The van der Waals surface area contributed by atoms with Crippen LogP contribution < -0.4 is 4.74 Å². The summed E-state index contributed by atoms with van der Waals surface area (Å²) < 4.78 is 5.17. The second-order valence-electron chi connectivity index (χ2n) is 4.46. The molecule has 0 heterocycles. The van der Waals surface area contributed by atoms with Gasteiger partial charge in [0.05, 0.1) is 12.7 Å². The number of hydrogen-bond acceptors (Lipinski definition) is 2. The Morgan fingerprint density at radius 3 is 2.73 bits per heavy atom. The Morgan fingerprint density at radius 2 is 2.07 bits per heavy atom. The topological polar surface area (TPSA) is 29.5 Å². The third-order valence-corrected chi connectivity index (χ3v) is 3.20. The highest BCUT2D eigenvalue weighted by Crippen LogP contribution is 2.33. The van der Waals surface area contributed by atoms with E-state index in [1.165, 1.54) is 5.56 Å². The number of aliphatic hydroxyl groups is 1. The van der Waals surface area contributed by atoms with Crippen LogP contribution in [0.25, 0.3) is 0 Å². The van der Waals surface area contributed by atoms with Crippen molar-refractivity contribution >= 4 is 0 Å². The van der Waals surface area contributed by atoms with Gasteiger partial charge in [0.2, 0.25) is 0 Å². The number of rotatable bonds is 3. The molecule has 2 nitrogen and oxygen atoms in total. The Labute approximate surface area is 90.9 Å². The third kappa shape index (κ3) is 2.51. The van der Waals surface area contributed by atoms with Gasteiger partial charge in [0.25, 0.3) is 0 Å². The zero-order valence-electron chi connectivity index (χ0n) is 9.20. The van der Waals surface area contributed by atoms with Gasteiger partial charge in [0.1, 0.15) is 5.75 Å². The molecule has 1 aliphatic carbocycles. The minimum absolute atomic E-state index is 0.466. The molecule has 2 rings (SSSR count). The quantitative estimate of drug-likeness (QED) is 0.823. The maximum Gasteiger partial charge on any atom is 0.119 e. The van der Waals surface area contributed by atoms with E-state index in [1.807, 2.05) is 18.2 Å². The fourth-order valence-electron chi connectivity index (χ4n) is 2.37. The zero-order chi connectivity index (χ0) is 10.7. The second-order valence-corrected chi connectivity index (χ2v) is 4.46. The normalized spacial score (nSPS) is 19.1. The summed E-state index contributed by atoms with van der Waals surface area (Å²) in [6.45, 7) is 0. The summed E-state index contributed by atoms with van der Waals surface area (Å²) in [5, 5.41) is 10.3. The third-order valence-electron chi connectivity index (χ3n) is 3.20. The first-order chi connectivity index (χ1) is 7.22. The van der Waals surface area contributed by atoms with Crippen LogP contribution in [-0.4, -0.2) is 17.8 Å². The van der Waals surface area contributed by atoms with E-state index in [0.29, 0.717) is 0 Å². The average Bonchev–Trinajstić information content (AvgIpc) is 2.65. The van der Waals surface area contributed by atoms with Crippen LogP contribution in [0.15, 0.2) is 24.3 Å². The van der Waals surface area contributed by atoms with Crippen molar-refractivity contribution in [2.24, 2.45) is 0 Å². The first-order valence-electron chi connectivity index (χ1n) is 5.57. The van der Waals surface area contributed by atoms with Crippen molar-refractivity contribution in [2.75, 3.05) is 7.11 Å². The molecular formula is C13H18O2. The molecular weight excluding hydrogens is 188 g/mol. The summed E-state index contributed by atoms with van der Waals surface area (Å²) in [6.07, 6.45) is 4.93. The first-order valence-corrected chi connectivity index (χ1v) is 5.57. The highest BCUT2D eigenvalue weighted by molar-refractivity contribution is 5.29. The van der Waals surface area contributed by atoms with Crippen LogP contribution in [0, 0.1) is 0 Å². The Bertz CT molecular complexity index is 327. The van der Waals surface area contributed by atoms with E-state index in [9.17, 15) is 5.11 Å². The maximum atomic E-state index is 10.3. The zero-order valence-corrected chi connectivity index (χ0v) is 9.20. The minimum atomic E-state index is -0.466. The lowest BCUT2D eigenvalue weighted by molar-refractivity contribution is 0.0481. The first kappa shape index (κ1) is 10.5. The van der Waals surface area contributed by atoms with E-state index in [1.54, 1.807) is 7.11 Å². The molecule has 0 aromatic heterocycles. The Hall–Kier alpha value is -1.02. The number of ether oxygens (including phenoxy) is 1. The van der Waals surface area contributed by atoms with Gasteiger partial charge in [0.15, 0.2) is 0 Å². The van der Waals surface area contributed by atoms with Crippen LogP contribution in [0.1, 0.15) is 31.2 Å². The summed E-state index contributed by atoms with van der Waals surface area (Å²) >= 11 is 0. The van der Waals surface area contributed by atoms with Crippen LogP contribution in [0.3, 0.4) is 0 Å². The fourth-order valence-corrected chi connectivity index (χ4v) is 2.37. The molecule has 1 saturated carbocycles. The van der Waals surface area contributed by atoms with Crippen molar-refractivity contribution in [3.63, 3.8) is 0 Å². The van der Waals surface area contributed by atoms with E-state index in [0.717, 1.165) is 37.9 Å². The molecule has 1 aromatic rings. The van der Waals surface area contributed by atoms with Gasteiger partial charge >= 0.3 is 0 Å². The van der Waals surface area contributed by atoms with Gasteiger partial charge in [-0.1, -0.05) is 25.0 Å². The van der Waals surface area contributed by atoms with E-state index >= 15 is 0 Å². The highest BCUT2D eigenvalue weighted by Gasteiger charge is 2.30.